The number of hydrogen-bond donors (Lipinski definition) is 1. The van der Waals surface area contributed by atoms with Crippen LogP contribution in [0.1, 0.15) is 39.2 Å². The summed E-state index contributed by atoms with van der Waals surface area (Å²) in [4.78, 5) is 4.46. The number of nitrogens with zero attached hydrogens (tertiary/aromatic N) is 1. The molecule has 2 unspecified atom stereocenters. The monoisotopic (exact) mass is 238 g/mol. The van der Waals surface area contributed by atoms with E-state index in [1.807, 2.05) is 24.0 Å². The molecule has 0 aliphatic carbocycles. The molecule has 0 aliphatic heterocycles. The average Bonchev–Trinajstić information content (AvgIpc) is 2.31. The van der Waals surface area contributed by atoms with Gasteiger partial charge in [-0.05, 0) is 30.9 Å². The molecule has 0 aromatic carbocycles. The molecule has 1 rings (SSSR count). The predicted octanol–water partition coefficient (Wildman–Crippen LogP) is 3.25. The van der Waals surface area contributed by atoms with Crippen LogP contribution in [-0.4, -0.2) is 16.3 Å². The van der Waals surface area contributed by atoms with Crippen molar-refractivity contribution in [2.24, 2.45) is 5.73 Å². The summed E-state index contributed by atoms with van der Waals surface area (Å²) < 4.78 is 0. The summed E-state index contributed by atoms with van der Waals surface area (Å²) in [7, 11) is 0. The zero-order valence-corrected chi connectivity index (χ0v) is 11.3. The lowest BCUT2D eigenvalue weighted by Gasteiger charge is -2.14. The molecule has 16 heavy (non-hydrogen) atoms. The molecule has 0 radical (unpaired) electrons. The van der Waals surface area contributed by atoms with Gasteiger partial charge in [0.1, 0.15) is 0 Å². The van der Waals surface area contributed by atoms with Crippen LogP contribution >= 0.6 is 11.8 Å². The predicted molar refractivity (Wildman–Crippen MR) is 71.8 cm³/mol. The molecule has 2 nitrogen and oxygen atoms in total. The Morgan fingerprint density at radius 3 is 2.75 bits per heavy atom. The van der Waals surface area contributed by atoms with Gasteiger partial charge < -0.3 is 5.73 Å². The molecule has 0 saturated carbocycles. The summed E-state index contributed by atoms with van der Waals surface area (Å²) in [5, 5.41) is 1.77. The van der Waals surface area contributed by atoms with Crippen LogP contribution in [0.15, 0.2) is 23.4 Å². The Morgan fingerprint density at radius 2 is 2.12 bits per heavy atom. The van der Waals surface area contributed by atoms with Crippen molar-refractivity contribution in [3.63, 3.8) is 0 Å². The van der Waals surface area contributed by atoms with E-state index in [9.17, 15) is 0 Å². The maximum absolute atomic E-state index is 6.00. The Morgan fingerprint density at radius 1 is 1.38 bits per heavy atom. The molecule has 2 N–H and O–H groups in total. The van der Waals surface area contributed by atoms with Crippen molar-refractivity contribution >= 4 is 11.8 Å². The van der Waals surface area contributed by atoms with E-state index in [0.29, 0.717) is 5.25 Å². The van der Waals surface area contributed by atoms with Gasteiger partial charge in [-0.25, -0.2) is 4.98 Å². The van der Waals surface area contributed by atoms with E-state index in [1.54, 1.807) is 0 Å². The van der Waals surface area contributed by atoms with Gasteiger partial charge >= 0.3 is 0 Å². The lowest BCUT2D eigenvalue weighted by Crippen LogP contribution is -2.21. The van der Waals surface area contributed by atoms with Crippen LogP contribution in [0.25, 0.3) is 0 Å². The van der Waals surface area contributed by atoms with E-state index >= 15 is 0 Å². The van der Waals surface area contributed by atoms with Gasteiger partial charge in [0.2, 0.25) is 0 Å². The van der Waals surface area contributed by atoms with Crippen molar-refractivity contribution in [1.82, 2.24) is 4.98 Å². The fourth-order valence-electron chi connectivity index (χ4n) is 1.39. The first-order valence-electron chi connectivity index (χ1n) is 6.03. The zero-order chi connectivity index (χ0) is 12.0. The van der Waals surface area contributed by atoms with Crippen molar-refractivity contribution in [3.05, 3.63) is 23.9 Å². The lowest BCUT2D eigenvalue weighted by atomic mass is 10.1. The first-order valence-corrected chi connectivity index (χ1v) is 6.91. The van der Waals surface area contributed by atoms with E-state index in [-0.39, 0.29) is 6.04 Å². The van der Waals surface area contributed by atoms with Crippen LogP contribution in [0.2, 0.25) is 0 Å². The molecule has 1 aromatic rings. The first-order chi connectivity index (χ1) is 7.67. The molecule has 1 aromatic heterocycles. The molecular weight excluding hydrogens is 216 g/mol. The Labute approximate surface area is 103 Å². The van der Waals surface area contributed by atoms with Gasteiger partial charge in [0.15, 0.2) is 0 Å². The van der Waals surface area contributed by atoms with Gasteiger partial charge in [-0.1, -0.05) is 26.8 Å². The van der Waals surface area contributed by atoms with Gasteiger partial charge in [0, 0.05) is 17.5 Å². The maximum atomic E-state index is 6.00. The summed E-state index contributed by atoms with van der Waals surface area (Å²) in [5.74, 6) is 0. The second-order valence-electron chi connectivity index (χ2n) is 4.18. The van der Waals surface area contributed by atoms with Crippen molar-refractivity contribution in [3.8, 4) is 0 Å². The highest BCUT2D eigenvalue weighted by Crippen LogP contribution is 2.26. The van der Waals surface area contributed by atoms with E-state index in [4.69, 9.17) is 5.73 Å². The second-order valence-corrected chi connectivity index (χ2v) is 5.60. The molecule has 2 atom stereocenters. The summed E-state index contributed by atoms with van der Waals surface area (Å²) in [6, 6.07) is 4.39. The Bertz CT molecular complexity index is 284. The summed E-state index contributed by atoms with van der Waals surface area (Å²) in [6.07, 6.45) is 4.98. The van der Waals surface area contributed by atoms with Crippen molar-refractivity contribution < 1.29 is 0 Å². The molecule has 0 saturated heterocycles. The number of thioether (sulfide) groups is 1. The zero-order valence-electron chi connectivity index (χ0n) is 10.4. The quantitative estimate of drug-likeness (QED) is 0.773. The van der Waals surface area contributed by atoms with E-state index in [1.165, 1.54) is 12.0 Å². The second kappa shape index (κ2) is 6.92. The normalized spacial score (nSPS) is 14.8. The molecule has 90 valence electrons. The molecule has 0 spiro atoms. The van der Waals surface area contributed by atoms with Crippen LogP contribution in [0, 0.1) is 0 Å². The third-order valence-electron chi connectivity index (χ3n) is 2.74. The molecule has 0 bridgehead atoms. The van der Waals surface area contributed by atoms with E-state index in [2.05, 4.69) is 31.8 Å². The summed E-state index contributed by atoms with van der Waals surface area (Å²) >= 11 is 1.86. The van der Waals surface area contributed by atoms with Gasteiger partial charge in [-0.2, -0.15) is 0 Å². The summed E-state index contributed by atoms with van der Waals surface area (Å²) in [6.45, 7) is 6.57. The van der Waals surface area contributed by atoms with Crippen LogP contribution in [0.5, 0.6) is 0 Å². The highest BCUT2D eigenvalue weighted by Gasteiger charge is 2.10. The highest BCUT2D eigenvalue weighted by atomic mass is 32.2. The van der Waals surface area contributed by atoms with Gasteiger partial charge in [-0.3, -0.25) is 0 Å². The number of hydrogen-bond acceptors (Lipinski definition) is 3. The lowest BCUT2D eigenvalue weighted by molar-refractivity contribution is 0.637. The third kappa shape index (κ3) is 4.14. The SMILES string of the molecule is CCC(N)Cc1cccnc1SC(C)CC. The van der Waals surface area contributed by atoms with Gasteiger partial charge in [-0.15, -0.1) is 11.8 Å². The van der Waals surface area contributed by atoms with E-state index in [0.717, 1.165) is 17.9 Å². The van der Waals surface area contributed by atoms with Crippen LogP contribution in [0.4, 0.5) is 0 Å². The maximum Gasteiger partial charge on any atom is 0.0995 e. The minimum absolute atomic E-state index is 0.250. The summed E-state index contributed by atoms with van der Waals surface area (Å²) in [5.41, 5.74) is 7.29. The molecule has 1 heterocycles. The number of nitrogens with two attached hydrogens (primary N) is 1. The fraction of sp³-hybridized carbons (Fsp3) is 0.615. The topological polar surface area (TPSA) is 38.9 Å². The van der Waals surface area contributed by atoms with Crippen molar-refractivity contribution in [2.45, 2.75) is 56.4 Å². The van der Waals surface area contributed by atoms with Gasteiger partial charge in [0.05, 0.1) is 5.03 Å². The third-order valence-corrected chi connectivity index (χ3v) is 4.07. The molecular formula is C13H22N2S. The molecule has 0 aliphatic rings. The first kappa shape index (κ1) is 13.5. The minimum atomic E-state index is 0.250. The largest absolute Gasteiger partial charge is 0.327 e. The highest BCUT2D eigenvalue weighted by molar-refractivity contribution is 7.99. The molecule has 3 heteroatoms. The van der Waals surface area contributed by atoms with E-state index < -0.39 is 0 Å². The Hall–Kier alpha value is -0.540. The smallest absolute Gasteiger partial charge is 0.0995 e. The van der Waals surface area contributed by atoms with Crippen molar-refractivity contribution in [2.75, 3.05) is 0 Å². The van der Waals surface area contributed by atoms with Crippen LogP contribution < -0.4 is 5.73 Å². The average molecular weight is 238 g/mol. The Balaban J connectivity index is 2.75. The number of pyridine rings is 1. The van der Waals surface area contributed by atoms with Crippen LogP contribution in [0.3, 0.4) is 0 Å². The molecule has 0 fully saturated rings. The van der Waals surface area contributed by atoms with Crippen LogP contribution in [-0.2, 0) is 6.42 Å². The number of rotatable bonds is 6. The van der Waals surface area contributed by atoms with Gasteiger partial charge in [0.25, 0.3) is 0 Å². The minimum Gasteiger partial charge on any atom is -0.327 e. The number of aromatic nitrogens is 1. The fourth-order valence-corrected chi connectivity index (χ4v) is 2.36. The standard InChI is InChI=1S/C13H22N2S/c1-4-10(3)16-13-11(7-6-8-15-13)9-12(14)5-2/h6-8,10,12H,4-5,9,14H2,1-3H3. The van der Waals surface area contributed by atoms with Crippen molar-refractivity contribution in [1.29, 1.82) is 0 Å². The Kier molecular flexibility index (Phi) is 5.85. The molecule has 0 amide bonds.